The Bertz CT molecular complexity index is 525. The van der Waals surface area contributed by atoms with Gasteiger partial charge in [0.05, 0.1) is 3.57 Å². The monoisotopic (exact) mass is 367 g/mol. The Hall–Kier alpha value is -0.390. The fraction of sp³-hybridized carbons (Fsp3) is 0. The van der Waals surface area contributed by atoms with Gasteiger partial charge in [0.1, 0.15) is 0 Å². The van der Waals surface area contributed by atoms with Crippen molar-refractivity contribution in [2.24, 2.45) is 0 Å². The second kappa shape index (κ2) is 4.85. The van der Waals surface area contributed by atoms with Crippen LogP contribution in [-0.2, 0) is 0 Å². The van der Waals surface area contributed by atoms with Gasteiger partial charge in [-0.2, -0.15) is 4.39 Å². The molecule has 1 nitrogen and oxygen atoms in total. The summed E-state index contributed by atoms with van der Waals surface area (Å²) in [5.41, 5.74) is 1.39. The summed E-state index contributed by atoms with van der Waals surface area (Å²) < 4.78 is 13.5. The van der Waals surface area contributed by atoms with Crippen molar-refractivity contribution in [3.05, 3.63) is 50.0 Å². The van der Waals surface area contributed by atoms with Crippen LogP contribution < -0.4 is 0 Å². The normalized spacial score (nSPS) is 10.5. The summed E-state index contributed by atoms with van der Waals surface area (Å²) in [7, 11) is 0. The minimum Gasteiger partial charge on any atom is -0.227 e. The molecule has 1 heterocycles. The standard InChI is InChI=1S/C11H5Cl2FIN/c12-7-2-1-3-8(13)10(7)6-4-9(15)11(14)16-5-6/h1-5H. The highest BCUT2D eigenvalue weighted by Gasteiger charge is 2.10. The van der Waals surface area contributed by atoms with E-state index in [4.69, 9.17) is 23.2 Å². The molecule has 1 aromatic heterocycles. The Morgan fingerprint density at radius 1 is 1.19 bits per heavy atom. The first-order valence-electron chi connectivity index (χ1n) is 4.35. The molecular formula is C11H5Cl2FIN. The van der Waals surface area contributed by atoms with Gasteiger partial charge in [-0.25, -0.2) is 4.98 Å². The van der Waals surface area contributed by atoms with E-state index in [2.05, 4.69) is 4.98 Å². The molecule has 1 aromatic carbocycles. The third-order valence-electron chi connectivity index (χ3n) is 2.05. The highest BCUT2D eigenvalue weighted by molar-refractivity contribution is 14.1. The Kier molecular flexibility index (Phi) is 3.66. The van der Waals surface area contributed by atoms with Crippen molar-refractivity contribution in [3.8, 4) is 11.1 Å². The maximum Gasteiger partial charge on any atom is 0.226 e. The number of hydrogen-bond donors (Lipinski definition) is 0. The molecule has 2 rings (SSSR count). The predicted octanol–water partition coefficient (Wildman–Crippen LogP) is 4.80. The summed E-state index contributed by atoms with van der Waals surface area (Å²) >= 11 is 14.0. The number of nitrogens with zero attached hydrogens (tertiary/aromatic N) is 1. The molecule has 0 aliphatic rings. The van der Waals surface area contributed by atoms with Crippen molar-refractivity contribution in [1.29, 1.82) is 0 Å². The van der Waals surface area contributed by atoms with E-state index in [1.165, 1.54) is 6.20 Å². The fourth-order valence-electron chi connectivity index (χ4n) is 1.33. The van der Waals surface area contributed by atoms with Crippen LogP contribution in [-0.4, -0.2) is 4.98 Å². The number of rotatable bonds is 1. The highest BCUT2D eigenvalue weighted by atomic mass is 127. The molecule has 0 N–H and O–H groups in total. The summed E-state index contributed by atoms with van der Waals surface area (Å²) in [5.74, 6) is -0.493. The van der Waals surface area contributed by atoms with Gasteiger partial charge in [0, 0.05) is 27.4 Å². The Morgan fingerprint density at radius 2 is 1.81 bits per heavy atom. The third kappa shape index (κ3) is 2.31. The van der Waals surface area contributed by atoms with E-state index in [-0.39, 0.29) is 0 Å². The second-order valence-corrected chi connectivity index (χ2v) is 5.07. The molecule has 0 aliphatic carbocycles. The van der Waals surface area contributed by atoms with Crippen molar-refractivity contribution >= 4 is 45.8 Å². The average Bonchev–Trinajstić information content (AvgIpc) is 2.23. The number of benzene rings is 1. The maximum absolute atomic E-state index is 13.0. The van der Waals surface area contributed by atoms with Gasteiger partial charge in [0.2, 0.25) is 5.95 Å². The van der Waals surface area contributed by atoms with Gasteiger partial charge in [-0.15, -0.1) is 0 Å². The number of aromatic nitrogens is 1. The predicted molar refractivity (Wildman–Crippen MR) is 72.4 cm³/mol. The van der Waals surface area contributed by atoms with Crippen molar-refractivity contribution < 1.29 is 4.39 Å². The van der Waals surface area contributed by atoms with Crippen LogP contribution in [0.4, 0.5) is 4.39 Å². The van der Waals surface area contributed by atoms with E-state index in [0.29, 0.717) is 24.7 Å². The zero-order valence-electron chi connectivity index (χ0n) is 7.85. The quantitative estimate of drug-likeness (QED) is 0.521. The fourth-order valence-corrected chi connectivity index (χ4v) is 2.42. The minimum atomic E-state index is -0.493. The van der Waals surface area contributed by atoms with E-state index in [9.17, 15) is 4.39 Å². The Morgan fingerprint density at radius 3 is 2.38 bits per heavy atom. The molecule has 0 amide bonds. The molecule has 82 valence electrons. The average molecular weight is 368 g/mol. The van der Waals surface area contributed by atoms with Gasteiger partial charge in [-0.3, -0.25) is 0 Å². The van der Waals surface area contributed by atoms with Gasteiger partial charge in [-0.05, 0) is 40.8 Å². The lowest BCUT2D eigenvalue weighted by Crippen LogP contribution is -1.90. The van der Waals surface area contributed by atoms with Crippen LogP contribution in [0.5, 0.6) is 0 Å². The molecule has 2 aromatic rings. The van der Waals surface area contributed by atoms with Gasteiger partial charge >= 0.3 is 0 Å². The largest absolute Gasteiger partial charge is 0.227 e. The summed E-state index contributed by atoms with van der Waals surface area (Å²) in [6.45, 7) is 0. The van der Waals surface area contributed by atoms with E-state index < -0.39 is 5.95 Å². The molecule has 16 heavy (non-hydrogen) atoms. The van der Waals surface area contributed by atoms with Crippen LogP contribution in [0.25, 0.3) is 11.1 Å². The lowest BCUT2D eigenvalue weighted by molar-refractivity contribution is 0.576. The molecule has 0 saturated heterocycles. The van der Waals surface area contributed by atoms with E-state index in [1.54, 1.807) is 24.3 Å². The van der Waals surface area contributed by atoms with Gasteiger partial charge in [0.15, 0.2) is 0 Å². The van der Waals surface area contributed by atoms with Crippen LogP contribution in [0.1, 0.15) is 0 Å². The van der Waals surface area contributed by atoms with Crippen molar-refractivity contribution in [1.82, 2.24) is 4.98 Å². The number of halogens is 4. The van der Waals surface area contributed by atoms with Crippen LogP contribution in [0.2, 0.25) is 10.0 Å². The van der Waals surface area contributed by atoms with Gasteiger partial charge in [-0.1, -0.05) is 29.3 Å². The first-order chi connectivity index (χ1) is 7.59. The van der Waals surface area contributed by atoms with Crippen LogP contribution in [0, 0.1) is 9.52 Å². The molecule has 0 saturated carbocycles. The second-order valence-electron chi connectivity index (χ2n) is 3.09. The Balaban J connectivity index is 2.63. The molecule has 5 heteroatoms. The molecule has 0 unspecified atom stereocenters. The minimum absolute atomic E-state index is 0.436. The molecule has 0 fully saturated rings. The zero-order valence-corrected chi connectivity index (χ0v) is 11.5. The smallest absolute Gasteiger partial charge is 0.226 e. The van der Waals surface area contributed by atoms with E-state index in [1.807, 2.05) is 22.6 Å². The van der Waals surface area contributed by atoms with Gasteiger partial charge < -0.3 is 0 Å². The summed E-state index contributed by atoms with van der Waals surface area (Å²) in [6.07, 6.45) is 1.42. The van der Waals surface area contributed by atoms with Crippen LogP contribution in [0.3, 0.4) is 0 Å². The lowest BCUT2D eigenvalue weighted by Gasteiger charge is -2.07. The first kappa shape index (κ1) is 12.1. The number of pyridine rings is 1. The third-order valence-corrected chi connectivity index (χ3v) is 3.43. The highest BCUT2D eigenvalue weighted by Crippen LogP contribution is 2.34. The lowest BCUT2D eigenvalue weighted by atomic mass is 10.1. The number of hydrogen-bond acceptors (Lipinski definition) is 1. The Labute approximate surface area is 116 Å². The summed E-state index contributed by atoms with van der Waals surface area (Å²) in [5, 5.41) is 1.05. The zero-order chi connectivity index (χ0) is 11.7. The maximum atomic E-state index is 13.0. The summed E-state index contributed by atoms with van der Waals surface area (Å²) in [6, 6.07) is 6.89. The summed E-state index contributed by atoms with van der Waals surface area (Å²) in [4.78, 5) is 3.65. The SMILES string of the molecule is Fc1ncc(-c2c(Cl)cccc2Cl)cc1I. The van der Waals surface area contributed by atoms with Crippen molar-refractivity contribution in [2.75, 3.05) is 0 Å². The molecule has 0 aliphatic heterocycles. The molecule has 0 spiro atoms. The van der Waals surface area contributed by atoms with Crippen molar-refractivity contribution in [2.45, 2.75) is 0 Å². The molecular weight excluding hydrogens is 363 g/mol. The topological polar surface area (TPSA) is 12.9 Å². The first-order valence-corrected chi connectivity index (χ1v) is 6.18. The van der Waals surface area contributed by atoms with Crippen LogP contribution in [0.15, 0.2) is 30.5 Å². The van der Waals surface area contributed by atoms with E-state index in [0.717, 1.165) is 0 Å². The molecule has 0 bridgehead atoms. The van der Waals surface area contributed by atoms with E-state index >= 15 is 0 Å². The van der Waals surface area contributed by atoms with Gasteiger partial charge in [0.25, 0.3) is 0 Å². The van der Waals surface area contributed by atoms with Crippen molar-refractivity contribution in [3.63, 3.8) is 0 Å². The molecule has 0 atom stereocenters. The van der Waals surface area contributed by atoms with Crippen LogP contribution >= 0.6 is 45.8 Å². The molecule has 0 radical (unpaired) electrons.